The van der Waals surface area contributed by atoms with Crippen molar-refractivity contribution in [1.82, 2.24) is 15.1 Å². The Balaban J connectivity index is 1.74. The van der Waals surface area contributed by atoms with Crippen LogP contribution in [0, 0.1) is 11.8 Å². The van der Waals surface area contributed by atoms with Gasteiger partial charge in [-0.05, 0) is 39.8 Å². The highest BCUT2D eigenvalue weighted by molar-refractivity contribution is 5.74. The fourth-order valence-electron chi connectivity index (χ4n) is 3.03. The SMILES string of the molecule is C[C@H](NC(=O)N1CC[C@H](CN(C)C)C1)[C@@H]1CCOC1. The van der Waals surface area contributed by atoms with Crippen LogP contribution < -0.4 is 5.32 Å². The minimum atomic E-state index is 0.0978. The third-order valence-electron chi connectivity index (χ3n) is 4.22. The Hall–Kier alpha value is -0.810. The summed E-state index contributed by atoms with van der Waals surface area (Å²) in [5.41, 5.74) is 0. The number of likely N-dealkylation sites (tertiary alicyclic amines) is 1. The van der Waals surface area contributed by atoms with Crippen molar-refractivity contribution in [3.63, 3.8) is 0 Å². The molecule has 2 rings (SSSR count). The molecular formula is C14H27N3O2. The van der Waals surface area contributed by atoms with Gasteiger partial charge in [0.25, 0.3) is 0 Å². The predicted octanol–water partition coefficient (Wildman–Crippen LogP) is 1.00. The summed E-state index contributed by atoms with van der Waals surface area (Å²) in [6.45, 7) is 6.54. The number of nitrogens with one attached hydrogen (secondary N) is 1. The summed E-state index contributed by atoms with van der Waals surface area (Å²) in [5, 5.41) is 3.13. The monoisotopic (exact) mass is 269 g/mol. The van der Waals surface area contributed by atoms with Crippen molar-refractivity contribution in [3.05, 3.63) is 0 Å². The van der Waals surface area contributed by atoms with Crippen molar-refractivity contribution in [2.45, 2.75) is 25.8 Å². The van der Waals surface area contributed by atoms with E-state index in [9.17, 15) is 4.79 Å². The molecule has 110 valence electrons. The van der Waals surface area contributed by atoms with Crippen LogP contribution >= 0.6 is 0 Å². The molecule has 0 unspecified atom stereocenters. The molecule has 0 radical (unpaired) electrons. The molecule has 2 fully saturated rings. The Kier molecular flexibility index (Phi) is 5.05. The molecular weight excluding hydrogens is 242 g/mol. The van der Waals surface area contributed by atoms with E-state index in [4.69, 9.17) is 4.74 Å². The first kappa shape index (κ1) is 14.6. The van der Waals surface area contributed by atoms with Gasteiger partial charge in [0.15, 0.2) is 0 Å². The third-order valence-corrected chi connectivity index (χ3v) is 4.22. The van der Waals surface area contributed by atoms with Gasteiger partial charge in [-0.25, -0.2) is 4.79 Å². The lowest BCUT2D eigenvalue weighted by Gasteiger charge is -2.24. The van der Waals surface area contributed by atoms with E-state index in [-0.39, 0.29) is 12.1 Å². The van der Waals surface area contributed by atoms with Crippen molar-refractivity contribution >= 4 is 6.03 Å². The minimum Gasteiger partial charge on any atom is -0.381 e. The first-order valence-electron chi connectivity index (χ1n) is 7.34. The molecule has 0 saturated carbocycles. The van der Waals surface area contributed by atoms with Gasteiger partial charge < -0.3 is 19.9 Å². The second-order valence-corrected chi connectivity index (χ2v) is 6.22. The van der Waals surface area contributed by atoms with Crippen molar-refractivity contribution < 1.29 is 9.53 Å². The third kappa shape index (κ3) is 4.08. The van der Waals surface area contributed by atoms with Gasteiger partial charge in [0, 0.05) is 38.2 Å². The fraction of sp³-hybridized carbons (Fsp3) is 0.929. The van der Waals surface area contributed by atoms with Gasteiger partial charge in [0.2, 0.25) is 0 Å². The molecule has 2 aliphatic rings. The van der Waals surface area contributed by atoms with Gasteiger partial charge in [-0.2, -0.15) is 0 Å². The maximum Gasteiger partial charge on any atom is 0.317 e. The van der Waals surface area contributed by atoms with Gasteiger partial charge in [-0.15, -0.1) is 0 Å². The Labute approximate surface area is 116 Å². The lowest BCUT2D eigenvalue weighted by atomic mass is 10.0. The maximum atomic E-state index is 12.2. The number of rotatable bonds is 4. The van der Waals surface area contributed by atoms with Crippen LogP contribution in [-0.4, -0.2) is 68.8 Å². The minimum absolute atomic E-state index is 0.0978. The van der Waals surface area contributed by atoms with Gasteiger partial charge >= 0.3 is 6.03 Å². The average Bonchev–Trinajstić information content (AvgIpc) is 2.97. The van der Waals surface area contributed by atoms with Gasteiger partial charge in [0.05, 0.1) is 6.61 Å². The molecule has 2 aliphatic heterocycles. The number of amides is 2. The predicted molar refractivity (Wildman–Crippen MR) is 75.2 cm³/mol. The zero-order valence-corrected chi connectivity index (χ0v) is 12.4. The first-order valence-corrected chi connectivity index (χ1v) is 7.34. The van der Waals surface area contributed by atoms with Crippen molar-refractivity contribution in [3.8, 4) is 0 Å². The van der Waals surface area contributed by atoms with Crippen LogP contribution in [0.15, 0.2) is 0 Å². The molecule has 0 aromatic carbocycles. The summed E-state index contributed by atoms with van der Waals surface area (Å²) in [6.07, 6.45) is 2.18. The molecule has 3 atom stereocenters. The van der Waals surface area contributed by atoms with E-state index in [0.717, 1.165) is 45.7 Å². The second kappa shape index (κ2) is 6.57. The van der Waals surface area contributed by atoms with E-state index in [1.54, 1.807) is 0 Å². The summed E-state index contributed by atoms with van der Waals surface area (Å²) in [6, 6.07) is 0.309. The number of ether oxygens (including phenoxy) is 1. The summed E-state index contributed by atoms with van der Waals surface area (Å²) in [5.74, 6) is 1.09. The van der Waals surface area contributed by atoms with Crippen LogP contribution in [0.5, 0.6) is 0 Å². The normalized spacial score (nSPS) is 28.9. The number of hydrogen-bond acceptors (Lipinski definition) is 3. The van der Waals surface area contributed by atoms with Crippen molar-refractivity contribution in [2.75, 3.05) is 46.9 Å². The van der Waals surface area contributed by atoms with Crippen LogP contribution in [0.1, 0.15) is 19.8 Å². The molecule has 0 aromatic rings. The molecule has 0 bridgehead atoms. The van der Waals surface area contributed by atoms with Gasteiger partial charge in [-0.3, -0.25) is 0 Å². The van der Waals surface area contributed by atoms with E-state index in [1.807, 2.05) is 4.90 Å². The molecule has 0 aliphatic carbocycles. The lowest BCUT2D eigenvalue weighted by molar-refractivity contribution is 0.173. The van der Waals surface area contributed by atoms with Crippen LogP contribution in [0.25, 0.3) is 0 Å². The topological polar surface area (TPSA) is 44.8 Å². The summed E-state index contributed by atoms with van der Waals surface area (Å²) >= 11 is 0. The molecule has 2 heterocycles. The zero-order chi connectivity index (χ0) is 13.8. The molecule has 2 saturated heterocycles. The molecule has 0 aromatic heterocycles. The highest BCUT2D eigenvalue weighted by atomic mass is 16.5. The summed E-state index contributed by atoms with van der Waals surface area (Å²) in [7, 11) is 4.18. The standard InChI is InChI=1S/C14H27N3O2/c1-11(13-5-7-19-10-13)15-14(18)17-6-4-12(9-17)8-16(2)3/h11-13H,4-10H2,1-3H3,(H,15,18)/t11-,12+,13+/m0/s1. The molecule has 2 amide bonds. The molecule has 0 spiro atoms. The summed E-state index contributed by atoms with van der Waals surface area (Å²) < 4.78 is 5.38. The van der Waals surface area contributed by atoms with Crippen LogP contribution in [0.3, 0.4) is 0 Å². The Morgan fingerprint density at radius 1 is 1.47 bits per heavy atom. The fourth-order valence-corrected chi connectivity index (χ4v) is 3.03. The number of hydrogen-bond donors (Lipinski definition) is 1. The Morgan fingerprint density at radius 3 is 2.89 bits per heavy atom. The van der Waals surface area contributed by atoms with Crippen molar-refractivity contribution in [2.24, 2.45) is 11.8 Å². The van der Waals surface area contributed by atoms with Gasteiger partial charge in [-0.1, -0.05) is 0 Å². The number of carbonyl (C=O) groups excluding carboxylic acids is 1. The van der Waals surface area contributed by atoms with Crippen LogP contribution in [0.2, 0.25) is 0 Å². The van der Waals surface area contributed by atoms with Crippen LogP contribution in [0.4, 0.5) is 4.79 Å². The zero-order valence-electron chi connectivity index (χ0n) is 12.4. The van der Waals surface area contributed by atoms with E-state index in [1.165, 1.54) is 0 Å². The van der Waals surface area contributed by atoms with Crippen molar-refractivity contribution in [1.29, 1.82) is 0 Å². The lowest BCUT2D eigenvalue weighted by Crippen LogP contribution is -2.45. The van der Waals surface area contributed by atoms with E-state index >= 15 is 0 Å². The van der Waals surface area contributed by atoms with Crippen LogP contribution in [-0.2, 0) is 4.74 Å². The maximum absolute atomic E-state index is 12.2. The molecule has 5 heteroatoms. The average molecular weight is 269 g/mol. The molecule has 19 heavy (non-hydrogen) atoms. The second-order valence-electron chi connectivity index (χ2n) is 6.22. The van der Waals surface area contributed by atoms with E-state index in [0.29, 0.717) is 11.8 Å². The molecule has 1 N–H and O–H groups in total. The number of nitrogens with zero attached hydrogens (tertiary/aromatic N) is 2. The summed E-state index contributed by atoms with van der Waals surface area (Å²) in [4.78, 5) is 16.4. The Morgan fingerprint density at radius 2 is 2.26 bits per heavy atom. The van der Waals surface area contributed by atoms with E-state index in [2.05, 4.69) is 31.2 Å². The smallest absolute Gasteiger partial charge is 0.317 e. The highest BCUT2D eigenvalue weighted by Crippen LogP contribution is 2.19. The first-order chi connectivity index (χ1) is 9.06. The van der Waals surface area contributed by atoms with Gasteiger partial charge in [0.1, 0.15) is 0 Å². The number of carbonyl (C=O) groups is 1. The largest absolute Gasteiger partial charge is 0.381 e. The van der Waals surface area contributed by atoms with E-state index < -0.39 is 0 Å². The quantitative estimate of drug-likeness (QED) is 0.828. The number of urea groups is 1. The molecule has 5 nitrogen and oxygen atoms in total. The Bertz CT molecular complexity index is 303. The highest BCUT2D eigenvalue weighted by Gasteiger charge is 2.29.